The van der Waals surface area contributed by atoms with Crippen LogP contribution in [0.25, 0.3) is 20.9 Å². The highest BCUT2D eigenvalue weighted by atomic mass is 32.1. The van der Waals surface area contributed by atoms with Gasteiger partial charge in [-0.2, -0.15) is 5.26 Å². The fraction of sp³-hybridized carbons (Fsp3) is 0.0667. The van der Waals surface area contributed by atoms with Gasteiger partial charge >= 0.3 is 0 Å². The Kier molecular flexibility index (Phi) is 3.26. The van der Waals surface area contributed by atoms with E-state index in [4.69, 9.17) is 5.73 Å². The van der Waals surface area contributed by atoms with Crippen molar-refractivity contribution in [3.8, 4) is 27.0 Å². The second-order valence-electron chi connectivity index (χ2n) is 4.27. The molecule has 98 valence electrons. The molecule has 0 unspecified atom stereocenters. The Morgan fingerprint density at radius 3 is 2.55 bits per heavy atom. The maximum Gasteiger partial charge on any atom is 0.129 e. The summed E-state index contributed by atoms with van der Waals surface area (Å²) in [5.74, 6) is 0. The Hall–Kier alpha value is -2.16. The van der Waals surface area contributed by atoms with Crippen LogP contribution in [0.15, 0.2) is 36.5 Å². The molecule has 0 bridgehead atoms. The molecule has 0 atom stereocenters. The monoisotopic (exact) mass is 297 g/mol. The lowest BCUT2D eigenvalue weighted by Gasteiger charge is -2.03. The number of nitrogens with zero attached hydrogens (tertiary/aromatic N) is 2. The van der Waals surface area contributed by atoms with Crippen LogP contribution in [0.1, 0.15) is 9.88 Å². The van der Waals surface area contributed by atoms with Gasteiger partial charge in [0, 0.05) is 11.8 Å². The predicted octanol–water partition coefficient (Wildman–Crippen LogP) is 4.30. The van der Waals surface area contributed by atoms with Crippen LogP contribution in [-0.2, 0) is 0 Å². The Bertz CT molecular complexity index is 794. The van der Waals surface area contributed by atoms with E-state index in [1.165, 1.54) is 11.3 Å². The topological polar surface area (TPSA) is 62.7 Å². The lowest BCUT2D eigenvalue weighted by Crippen LogP contribution is -1.88. The molecule has 0 saturated heterocycles. The number of thiophene rings is 1. The first kappa shape index (κ1) is 12.9. The lowest BCUT2D eigenvalue weighted by atomic mass is 10.0. The largest absolute Gasteiger partial charge is 0.396 e. The molecule has 0 aliphatic carbocycles. The standard InChI is InChI=1S/C15H11N3S2/c1-9-18-8-12(19-9)15-13(10-5-3-2-4-6-10)14(17)11(7-16)20-15/h2-6,8H,17H2,1H3. The summed E-state index contributed by atoms with van der Waals surface area (Å²) in [6, 6.07) is 12.1. The number of rotatable bonds is 2. The van der Waals surface area contributed by atoms with E-state index in [-0.39, 0.29) is 0 Å². The van der Waals surface area contributed by atoms with Crippen LogP contribution in [0.2, 0.25) is 0 Å². The summed E-state index contributed by atoms with van der Waals surface area (Å²) in [5.41, 5.74) is 8.69. The van der Waals surface area contributed by atoms with Gasteiger partial charge in [-0.1, -0.05) is 30.3 Å². The summed E-state index contributed by atoms with van der Waals surface area (Å²) in [6.45, 7) is 1.97. The third kappa shape index (κ3) is 2.09. The van der Waals surface area contributed by atoms with Crippen molar-refractivity contribution < 1.29 is 0 Å². The van der Waals surface area contributed by atoms with Gasteiger partial charge < -0.3 is 5.73 Å². The number of benzene rings is 1. The first-order chi connectivity index (χ1) is 9.70. The summed E-state index contributed by atoms with van der Waals surface area (Å²) in [7, 11) is 0. The third-order valence-electron chi connectivity index (χ3n) is 2.95. The van der Waals surface area contributed by atoms with Gasteiger partial charge in [0.25, 0.3) is 0 Å². The van der Waals surface area contributed by atoms with Crippen LogP contribution in [0.4, 0.5) is 5.69 Å². The predicted molar refractivity (Wildman–Crippen MR) is 84.7 cm³/mol. The maximum atomic E-state index is 9.22. The van der Waals surface area contributed by atoms with Gasteiger partial charge in [-0.05, 0) is 12.5 Å². The summed E-state index contributed by atoms with van der Waals surface area (Å²) in [5, 5.41) is 10.2. The van der Waals surface area contributed by atoms with Crippen molar-refractivity contribution in [2.75, 3.05) is 5.73 Å². The maximum absolute atomic E-state index is 9.22. The van der Waals surface area contributed by atoms with E-state index in [1.807, 2.05) is 43.5 Å². The molecule has 0 amide bonds. The molecule has 3 rings (SSSR count). The zero-order valence-electron chi connectivity index (χ0n) is 10.8. The molecular weight excluding hydrogens is 286 g/mol. The van der Waals surface area contributed by atoms with E-state index in [1.54, 1.807) is 11.3 Å². The van der Waals surface area contributed by atoms with Crippen molar-refractivity contribution in [1.29, 1.82) is 5.26 Å². The van der Waals surface area contributed by atoms with E-state index < -0.39 is 0 Å². The zero-order valence-corrected chi connectivity index (χ0v) is 12.4. The number of anilines is 1. The second-order valence-corrected chi connectivity index (χ2v) is 6.53. The van der Waals surface area contributed by atoms with Gasteiger partial charge in [0.1, 0.15) is 10.9 Å². The van der Waals surface area contributed by atoms with Crippen LogP contribution in [0.5, 0.6) is 0 Å². The Balaban J connectivity index is 2.28. The third-order valence-corrected chi connectivity index (χ3v) is 5.16. The summed E-state index contributed by atoms with van der Waals surface area (Å²) in [4.78, 5) is 6.93. The van der Waals surface area contributed by atoms with Crippen LogP contribution in [0, 0.1) is 18.3 Å². The summed E-state index contributed by atoms with van der Waals surface area (Å²) < 4.78 is 0. The van der Waals surface area contributed by atoms with Crippen LogP contribution < -0.4 is 5.73 Å². The molecule has 0 fully saturated rings. The number of nitrogens with two attached hydrogens (primary N) is 1. The van der Waals surface area contributed by atoms with Gasteiger partial charge in [0.05, 0.1) is 20.4 Å². The van der Waals surface area contributed by atoms with Crippen molar-refractivity contribution in [3.63, 3.8) is 0 Å². The van der Waals surface area contributed by atoms with E-state index in [0.717, 1.165) is 25.9 Å². The molecule has 2 aromatic heterocycles. The molecule has 0 radical (unpaired) electrons. The minimum absolute atomic E-state index is 0.560. The highest BCUT2D eigenvalue weighted by Gasteiger charge is 2.19. The number of aromatic nitrogens is 1. The van der Waals surface area contributed by atoms with Crippen molar-refractivity contribution in [1.82, 2.24) is 4.98 Å². The van der Waals surface area contributed by atoms with E-state index in [9.17, 15) is 5.26 Å². The number of thiazole rings is 1. The number of hydrogen-bond acceptors (Lipinski definition) is 5. The smallest absolute Gasteiger partial charge is 0.129 e. The number of nitriles is 1. The fourth-order valence-corrected chi connectivity index (χ4v) is 3.98. The number of hydrogen-bond donors (Lipinski definition) is 1. The van der Waals surface area contributed by atoms with Crippen LogP contribution in [0.3, 0.4) is 0 Å². The molecular formula is C15H11N3S2. The van der Waals surface area contributed by atoms with Crippen LogP contribution >= 0.6 is 22.7 Å². The molecule has 2 N–H and O–H groups in total. The SMILES string of the molecule is Cc1ncc(-c2sc(C#N)c(N)c2-c2ccccc2)s1. The van der Waals surface area contributed by atoms with Crippen molar-refractivity contribution in [2.24, 2.45) is 0 Å². The van der Waals surface area contributed by atoms with E-state index in [2.05, 4.69) is 11.1 Å². The zero-order chi connectivity index (χ0) is 14.1. The average molecular weight is 297 g/mol. The molecule has 0 aliphatic rings. The minimum atomic E-state index is 0.560. The molecule has 1 aromatic carbocycles. The Labute approximate surface area is 125 Å². The normalized spacial score (nSPS) is 10.4. The fourth-order valence-electron chi connectivity index (χ4n) is 2.06. The van der Waals surface area contributed by atoms with Crippen molar-refractivity contribution in [2.45, 2.75) is 6.92 Å². The first-order valence-corrected chi connectivity index (χ1v) is 7.64. The quantitative estimate of drug-likeness (QED) is 0.767. The number of nitrogen functional groups attached to an aromatic ring is 1. The Morgan fingerprint density at radius 1 is 1.20 bits per heavy atom. The molecule has 20 heavy (non-hydrogen) atoms. The lowest BCUT2D eigenvalue weighted by molar-refractivity contribution is 1.30. The van der Waals surface area contributed by atoms with Gasteiger partial charge in [0.2, 0.25) is 0 Å². The van der Waals surface area contributed by atoms with Crippen molar-refractivity contribution >= 4 is 28.4 Å². The van der Waals surface area contributed by atoms with Crippen molar-refractivity contribution in [3.05, 3.63) is 46.4 Å². The average Bonchev–Trinajstić information content (AvgIpc) is 3.03. The summed E-state index contributed by atoms with van der Waals surface area (Å²) in [6.07, 6.45) is 1.85. The summed E-state index contributed by atoms with van der Waals surface area (Å²) >= 11 is 3.05. The molecule has 3 nitrogen and oxygen atoms in total. The molecule has 2 heterocycles. The molecule has 0 saturated carbocycles. The number of aryl methyl sites for hydroxylation is 1. The van der Waals surface area contributed by atoms with Gasteiger partial charge in [0.15, 0.2) is 0 Å². The highest BCUT2D eigenvalue weighted by molar-refractivity contribution is 7.23. The molecule has 0 aliphatic heterocycles. The van der Waals surface area contributed by atoms with E-state index >= 15 is 0 Å². The molecule has 0 spiro atoms. The Morgan fingerprint density at radius 2 is 1.95 bits per heavy atom. The highest BCUT2D eigenvalue weighted by Crippen LogP contribution is 2.46. The second kappa shape index (κ2) is 5.08. The van der Waals surface area contributed by atoms with Crippen LogP contribution in [-0.4, -0.2) is 4.98 Å². The van der Waals surface area contributed by atoms with Gasteiger partial charge in [-0.15, -0.1) is 22.7 Å². The van der Waals surface area contributed by atoms with Gasteiger partial charge in [-0.3, -0.25) is 0 Å². The first-order valence-electron chi connectivity index (χ1n) is 6.01. The van der Waals surface area contributed by atoms with E-state index in [0.29, 0.717) is 10.6 Å². The molecule has 5 heteroatoms. The minimum Gasteiger partial charge on any atom is -0.396 e. The molecule has 3 aromatic rings. The van der Waals surface area contributed by atoms with Gasteiger partial charge in [-0.25, -0.2) is 4.98 Å².